The van der Waals surface area contributed by atoms with Gasteiger partial charge in [0.2, 0.25) is 10.0 Å². The quantitative estimate of drug-likeness (QED) is 0.696. The molecule has 1 fully saturated rings. The maximum absolute atomic E-state index is 12.7. The van der Waals surface area contributed by atoms with Gasteiger partial charge in [-0.2, -0.15) is 9.40 Å². The number of hydrogen-bond donors (Lipinski definition) is 1. The normalized spacial score (nSPS) is 14.8. The Bertz CT molecular complexity index is 1120. The minimum Gasteiger partial charge on any atom is -0.322 e. The van der Waals surface area contributed by atoms with Gasteiger partial charge >= 0.3 is 0 Å². The van der Waals surface area contributed by atoms with Gasteiger partial charge in [0.05, 0.1) is 22.3 Å². The van der Waals surface area contributed by atoms with Crippen molar-refractivity contribution in [3.05, 3.63) is 66.1 Å². The molecule has 1 N–H and O–H groups in total. The average Bonchev–Trinajstić information content (AvgIpc) is 3.39. The summed E-state index contributed by atoms with van der Waals surface area (Å²) in [6, 6.07) is 11.7. The first-order valence-electron chi connectivity index (χ1n) is 9.34. The molecule has 0 unspecified atom stereocenters. The van der Waals surface area contributed by atoms with E-state index in [4.69, 9.17) is 0 Å². The number of hydrogen-bond acceptors (Lipinski definition) is 5. The Morgan fingerprint density at radius 2 is 1.79 bits per heavy atom. The van der Waals surface area contributed by atoms with E-state index < -0.39 is 10.0 Å². The molecular weight excluding hydrogens is 390 g/mol. The van der Waals surface area contributed by atoms with Crippen LogP contribution in [0.4, 0.5) is 5.69 Å². The van der Waals surface area contributed by atoms with Crippen molar-refractivity contribution < 1.29 is 13.2 Å². The second-order valence-corrected chi connectivity index (χ2v) is 8.77. The molecule has 0 aliphatic carbocycles. The van der Waals surface area contributed by atoms with Crippen molar-refractivity contribution in [3.63, 3.8) is 0 Å². The van der Waals surface area contributed by atoms with Gasteiger partial charge in [-0.25, -0.2) is 18.1 Å². The Kier molecular flexibility index (Phi) is 5.16. The lowest BCUT2D eigenvalue weighted by atomic mass is 10.2. The lowest BCUT2D eigenvalue weighted by molar-refractivity contribution is 0.102. The lowest BCUT2D eigenvalue weighted by Gasteiger charge is -2.15. The van der Waals surface area contributed by atoms with E-state index in [0.717, 1.165) is 12.8 Å². The van der Waals surface area contributed by atoms with Gasteiger partial charge in [0.1, 0.15) is 0 Å². The van der Waals surface area contributed by atoms with Crippen molar-refractivity contribution in [2.75, 3.05) is 18.4 Å². The number of amides is 1. The first-order chi connectivity index (χ1) is 14.0. The van der Waals surface area contributed by atoms with Crippen molar-refractivity contribution in [1.82, 2.24) is 19.1 Å². The number of aromatic nitrogens is 3. The minimum atomic E-state index is -3.47. The third-order valence-corrected chi connectivity index (χ3v) is 6.85. The van der Waals surface area contributed by atoms with Gasteiger partial charge in [0.25, 0.3) is 5.91 Å². The molecular formula is C20H21N5O3S. The zero-order chi connectivity index (χ0) is 20.4. The van der Waals surface area contributed by atoms with Crippen LogP contribution in [-0.2, 0) is 10.0 Å². The molecule has 1 aromatic carbocycles. The summed E-state index contributed by atoms with van der Waals surface area (Å²) in [5.41, 5.74) is 1.60. The molecule has 1 saturated heterocycles. The molecule has 8 nitrogen and oxygen atoms in total. The highest BCUT2D eigenvalue weighted by atomic mass is 32.2. The van der Waals surface area contributed by atoms with E-state index in [2.05, 4.69) is 15.4 Å². The van der Waals surface area contributed by atoms with E-state index in [-0.39, 0.29) is 10.8 Å². The van der Waals surface area contributed by atoms with E-state index in [1.807, 2.05) is 12.1 Å². The number of anilines is 1. The Balaban J connectivity index is 1.50. The highest BCUT2D eigenvalue weighted by Crippen LogP contribution is 2.22. The van der Waals surface area contributed by atoms with Crippen LogP contribution < -0.4 is 5.32 Å². The smallest absolute Gasteiger partial charge is 0.259 e. The van der Waals surface area contributed by atoms with Crippen LogP contribution in [0.1, 0.15) is 28.9 Å². The Morgan fingerprint density at radius 1 is 1.07 bits per heavy atom. The Morgan fingerprint density at radius 3 is 2.45 bits per heavy atom. The lowest BCUT2D eigenvalue weighted by Crippen LogP contribution is -2.27. The van der Waals surface area contributed by atoms with Gasteiger partial charge in [-0.3, -0.25) is 4.79 Å². The largest absolute Gasteiger partial charge is 0.322 e. The number of carbonyl (C=O) groups excluding carboxylic acids is 1. The molecule has 4 rings (SSSR count). The van der Waals surface area contributed by atoms with Crippen molar-refractivity contribution in [1.29, 1.82) is 0 Å². The summed E-state index contributed by atoms with van der Waals surface area (Å²) in [6.07, 6.45) is 4.93. The van der Waals surface area contributed by atoms with Crippen LogP contribution >= 0.6 is 0 Å². The van der Waals surface area contributed by atoms with Crippen molar-refractivity contribution in [3.8, 4) is 5.82 Å². The molecule has 9 heteroatoms. The van der Waals surface area contributed by atoms with Crippen molar-refractivity contribution in [2.45, 2.75) is 24.7 Å². The molecule has 3 aromatic rings. The van der Waals surface area contributed by atoms with Crippen LogP contribution in [0.5, 0.6) is 0 Å². The van der Waals surface area contributed by atoms with Crippen LogP contribution in [0.3, 0.4) is 0 Å². The first kappa shape index (κ1) is 19.3. The fraction of sp³-hybridized carbons (Fsp3) is 0.250. The minimum absolute atomic E-state index is 0.233. The van der Waals surface area contributed by atoms with Gasteiger partial charge in [0, 0.05) is 25.0 Å². The standard InChI is InChI=1S/C20H21N5O3S/c1-15-18(14-22-25(15)19-6-2-3-11-21-19)20(26)23-16-7-9-17(10-8-16)29(27,28)24-12-4-5-13-24/h2-3,6-11,14H,4-5,12-13H2,1H3,(H,23,26). The van der Waals surface area contributed by atoms with Crippen LogP contribution in [0.25, 0.3) is 5.82 Å². The maximum atomic E-state index is 12.7. The number of nitrogens with one attached hydrogen (secondary N) is 1. The predicted molar refractivity (Wildman–Crippen MR) is 108 cm³/mol. The number of sulfonamides is 1. The molecule has 0 bridgehead atoms. The fourth-order valence-corrected chi connectivity index (χ4v) is 4.85. The molecule has 0 radical (unpaired) electrons. The molecule has 0 atom stereocenters. The SMILES string of the molecule is Cc1c(C(=O)Nc2ccc(S(=O)(=O)N3CCCC3)cc2)cnn1-c1ccccn1. The summed E-state index contributed by atoms with van der Waals surface area (Å²) in [4.78, 5) is 17.1. The molecule has 1 amide bonds. The summed E-state index contributed by atoms with van der Waals surface area (Å²) in [7, 11) is -3.47. The molecule has 150 valence electrons. The maximum Gasteiger partial charge on any atom is 0.259 e. The van der Waals surface area contributed by atoms with E-state index in [1.54, 1.807) is 36.0 Å². The van der Waals surface area contributed by atoms with Crippen LogP contribution in [-0.4, -0.2) is 46.5 Å². The van der Waals surface area contributed by atoms with E-state index in [0.29, 0.717) is 35.9 Å². The topological polar surface area (TPSA) is 97.2 Å². The van der Waals surface area contributed by atoms with Crippen LogP contribution in [0.2, 0.25) is 0 Å². The highest BCUT2D eigenvalue weighted by Gasteiger charge is 2.27. The molecule has 3 heterocycles. The summed E-state index contributed by atoms with van der Waals surface area (Å²) in [5, 5.41) is 7.04. The molecule has 0 saturated carbocycles. The predicted octanol–water partition coefficient (Wildman–Crippen LogP) is 2.61. The molecule has 1 aliphatic rings. The van der Waals surface area contributed by atoms with Gasteiger partial charge < -0.3 is 5.32 Å². The summed E-state index contributed by atoms with van der Waals surface area (Å²) < 4.78 is 28.3. The zero-order valence-corrected chi connectivity index (χ0v) is 16.8. The number of pyridine rings is 1. The van der Waals surface area contributed by atoms with E-state index in [9.17, 15) is 13.2 Å². The van der Waals surface area contributed by atoms with Gasteiger partial charge in [0.15, 0.2) is 5.82 Å². The van der Waals surface area contributed by atoms with Crippen LogP contribution in [0.15, 0.2) is 59.8 Å². The second kappa shape index (κ2) is 7.76. The number of nitrogens with zero attached hydrogens (tertiary/aromatic N) is 4. The monoisotopic (exact) mass is 411 g/mol. The fourth-order valence-electron chi connectivity index (χ4n) is 3.33. The third kappa shape index (κ3) is 3.79. The number of benzene rings is 1. The van der Waals surface area contributed by atoms with E-state index >= 15 is 0 Å². The van der Waals surface area contributed by atoms with E-state index in [1.165, 1.54) is 22.6 Å². The summed E-state index contributed by atoms with van der Waals surface area (Å²) in [6.45, 7) is 2.91. The number of rotatable bonds is 5. The second-order valence-electron chi connectivity index (χ2n) is 6.83. The summed E-state index contributed by atoms with van der Waals surface area (Å²) >= 11 is 0. The van der Waals surface area contributed by atoms with Crippen molar-refractivity contribution in [2.24, 2.45) is 0 Å². The molecule has 0 spiro atoms. The third-order valence-electron chi connectivity index (χ3n) is 4.94. The highest BCUT2D eigenvalue weighted by molar-refractivity contribution is 7.89. The van der Waals surface area contributed by atoms with Gasteiger partial charge in [-0.05, 0) is 56.2 Å². The van der Waals surface area contributed by atoms with Gasteiger partial charge in [-0.15, -0.1) is 0 Å². The first-order valence-corrected chi connectivity index (χ1v) is 10.8. The van der Waals surface area contributed by atoms with Gasteiger partial charge in [-0.1, -0.05) is 6.07 Å². The molecule has 2 aromatic heterocycles. The zero-order valence-electron chi connectivity index (χ0n) is 15.9. The number of carbonyl (C=O) groups is 1. The molecule has 29 heavy (non-hydrogen) atoms. The molecule has 1 aliphatic heterocycles. The Hall–Kier alpha value is -3.04. The average molecular weight is 411 g/mol. The Labute approximate surface area is 169 Å². The van der Waals surface area contributed by atoms with Crippen LogP contribution in [0, 0.1) is 6.92 Å². The summed E-state index contributed by atoms with van der Waals surface area (Å²) in [5.74, 6) is 0.306. The van der Waals surface area contributed by atoms with Crippen molar-refractivity contribution >= 4 is 21.6 Å².